The second-order valence-electron chi connectivity index (χ2n) is 7.40. The standard InChI is InChI=1S/C22H22ClN3O2S/c1-22(25-20-7-2-3-8-21(20)26-22)14-16-9-11-19(12-10-16)29(27,28)24-15-17-5-4-6-18(23)13-17/h2-13,24-26H,14-15H2,1H3. The molecule has 1 heterocycles. The number of benzene rings is 3. The number of sulfonamides is 1. The summed E-state index contributed by atoms with van der Waals surface area (Å²) in [5.41, 5.74) is 3.66. The van der Waals surface area contributed by atoms with Gasteiger partial charge in [0.2, 0.25) is 10.0 Å². The van der Waals surface area contributed by atoms with Gasteiger partial charge in [0.15, 0.2) is 0 Å². The molecule has 0 unspecified atom stereocenters. The zero-order chi connectivity index (χ0) is 20.5. The number of hydrogen-bond acceptors (Lipinski definition) is 4. The van der Waals surface area contributed by atoms with E-state index in [1.54, 1.807) is 30.3 Å². The zero-order valence-electron chi connectivity index (χ0n) is 15.9. The van der Waals surface area contributed by atoms with Crippen LogP contribution in [0.15, 0.2) is 77.7 Å². The summed E-state index contributed by atoms with van der Waals surface area (Å²) >= 11 is 5.95. The van der Waals surface area contributed by atoms with Crippen molar-refractivity contribution in [3.05, 3.63) is 88.9 Å². The molecule has 3 aromatic carbocycles. The van der Waals surface area contributed by atoms with Gasteiger partial charge in [0.1, 0.15) is 5.66 Å². The summed E-state index contributed by atoms with van der Waals surface area (Å²) in [4.78, 5) is 0.240. The Morgan fingerprint density at radius 3 is 2.17 bits per heavy atom. The summed E-state index contributed by atoms with van der Waals surface area (Å²) in [6.45, 7) is 2.28. The molecule has 0 bridgehead atoms. The van der Waals surface area contributed by atoms with E-state index in [0.29, 0.717) is 11.4 Å². The smallest absolute Gasteiger partial charge is 0.240 e. The van der Waals surface area contributed by atoms with Gasteiger partial charge in [0, 0.05) is 18.0 Å². The van der Waals surface area contributed by atoms with Gasteiger partial charge in [-0.15, -0.1) is 0 Å². The van der Waals surface area contributed by atoms with Gasteiger partial charge in [-0.1, -0.05) is 48.0 Å². The molecule has 0 amide bonds. The molecule has 3 N–H and O–H groups in total. The molecular weight excluding hydrogens is 406 g/mol. The summed E-state index contributed by atoms with van der Waals surface area (Å²) in [5.74, 6) is 0. The Hall–Kier alpha value is -2.54. The van der Waals surface area contributed by atoms with Crippen molar-refractivity contribution in [1.29, 1.82) is 0 Å². The van der Waals surface area contributed by atoms with Gasteiger partial charge in [-0.25, -0.2) is 13.1 Å². The molecule has 0 atom stereocenters. The summed E-state index contributed by atoms with van der Waals surface area (Å²) in [5, 5.41) is 7.57. The van der Waals surface area contributed by atoms with Crippen molar-refractivity contribution in [3.63, 3.8) is 0 Å². The van der Waals surface area contributed by atoms with Crippen molar-refractivity contribution in [2.24, 2.45) is 0 Å². The van der Waals surface area contributed by atoms with Crippen LogP contribution in [0.25, 0.3) is 0 Å². The summed E-state index contributed by atoms with van der Waals surface area (Å²) in [6, 6.07) is 22.2. The highest BCUT2D eigenvalue weighted by Gasteiger charge is 2.31. The van der Waals surface area contributed by atoms with E-state index in [1.165, 1.54) is 0 Å². The normalized spacial score (nSPS) is 14.7. The van der Waals surface area contributed by atoms with E-state index in [0.717, 1.165) is 22.5 Å². The highest BCUT2D eigenvalue weighted by molar-refractivity contribution is 7.89. The molecule has 4 rings (SSSR count). The van der Waals surface area contributed by atoms with Crippen LogP contribution in [0.4, 0.5) is 11.4 Å². The minimum absolute atomic E-state index is 0.189. The Bertz CT molecular complexity index is 1110. The molecule has 0 saturated heterocycles. The zero-order valence-corrected chi connectivity index (χ0v) is 17.5. The van der Waals surface area contributed by atoms with Crippen LogP contribution in [0.5, 0.6) is 0 Å². The highest BCUT2D eigenvalue weighted by atomic mass is 35.5. The number of nitrogens with one attached hydrogen (secondary N) is 3. The summed E-state index contributed by atoms with van der Waals surface area (Å²) < 4.78 is 27.8. The van der Waals surface area contributed by atoms with Crippen LogP contribution in [-0.4, -0.2) is 14.1 Å². The predicted octanol–water partition coefficient (Wildman–Crippen LogP) is 4.61. The molecular formula is C22H22ClN3O2S. The van der Waals surface area contributed by atoms with Crippen molar-refractivity contribution in [3.8, 4) is 0 Å². The number of hydrogen-bond donors (Lipinski definition) is 3. The fourth-order valence-electron chi connectivity index (χ4n) is 3.52. The molecule has 7 heteroatoms. The first-order valence-electron chi connectivity index (χ1n) is 9.31. The van der Waals surface area contributed by atoms with Crippen LogP contribution in [0.1, 0.15) is 18.1 Å². The first-order chi connectivity index (χ1) is 13.8. The first-order valence-corrected chi connectivity index (χ1v) is 11.2. The fraction of sp³-hybridized carbons (Fsp3) is 0.182. The average Bonchev–Trinajstić information content (AvgIpc) is 3.02. The molecule has 29 heavy (non-hydrogen) atoms. The SMILES string of the molecule is CC1(Cc2ccc(S(=O)(=O)NCc3cccc(Cl)c3)cc2)Nc2ccccc2N1. The van der Waals surface area contributed by atoms with Crippen molar-refractivity contribution >= 4 is 33.0 Å². The van der Waals surface area contributed by atoms with E-state index >= 15 is 0 Å². The lowest BCUT2D eigenvalue weighted by atomic mass is 10.0. The first kappa shape index (κ1) is 19.8. The van der Waals surface area contributed by atoms with Crippen LogP contribution < -0.4 is 15.4 Å². The Morgan fingerprint density at radius 2 is 1.55 bits per heavy atom. The van der Waals surface area contributed by atoms with E-state index in [1.807, 2.05) is 42.5 Å². The van der Waals surface area contributed by atoms with Crippen molar-refractivity contribution in [2.45, 2.75) is 30.4 Å². The van der Waals surface area contributed by atoms with Gasteiger partial charge < -0.3 is 10.6 Å². The molecule has 1 aliphatic rings. The van der Waals surface area contributed by atoms with Crippen LogP contribution in [0, 0.1) is 0 Å². The number of para-hydroxylation sites is 2. The highest BCUT2D eigenvalue weighted by Crippen LogP contribution is 2.35. The van der Waals surface area contributed by atoms with Gasteiger partial charge in [0.05, 0.1) is 16.3 Å². The molecule has 0 aliphatic carbocycles. The van der Waals surface area contributed by atoms with Crippen molar-refractivity contribution in [2.75, 3.05) is 10.6 Å². The van der Waals surface area contributed by atoms with Crippen molar-refractivity contribution < 1.29 is 8.42 Å². The van der Waals surface area contributed by atoms with Gasteiger partial charge in [-0.3, -0.25) is 0 Å². The Morgan fingerprint density at radius 1 is 0.897 bits per heavy atom. The predicted molar refractivity (Wildman–Crippen MR) is 118 cm³/mol. The van der Waals surface area contributed by atoms with Crippen LogP contribution in [-0.2, 0) is 23.0 Å². The van der Waals surface area contributed by atoms with E-state index in [4.69, 9.17) is 11.6 Å². The van der Waals surface area contributed by atoms with Gasteiger partial charge >= 0.3 is 0 Å². The Kier molecular flexibility index (Phi) is 5.25. The molecule has 5 nitrogen and oxygen atoms in total. The van der Waals surface area contributed by atoms with Crippen LogP contribution in [0.2, 0.25) is 5.02 Å². The number of halogens is 1. The monoisotopic (exact) mass is 427 g/mol. The molecule has 3 aromatic rings. The third-order valence-corrected chi connectivity index (χ3v) is 6.55. The summed E-state index contributed by atoms with van der Waals surface area (Å²) in [6.07, 6.45) is 0.706. The van der Waals surface area contributed by atoms with Crippen LogP contribution in [0.3, 0.4) is 0 Å². The maximum absolute atomic E-state index is 12.6. The molecule has 0 radical (unpaired) electrons. The lowest BCUT2D eigenvalue weighted by Crippen LogP contribution is -2.40. The maximum atomic E-state index is 12.6. The topological polar surface area (TPSA) is 70.2 Å². The lowest BCUT2D eigenvalue weighted by molar-refractivity contribution is 0.581. The van der Waals surface area contributed by atoms with E-state index in [2.05, 4.69) is 22.3 Å². The van der Waals surface area contributed by atoms with Gasteiger partial charge in [-0.2, -0.15) is 0 Å². The largest absolute Gasteiger partial charge is 0.361 e. The lowest BCUT2D eigenvalue weighted by Gasteiger charge is -2.26. The molecule has 0 saturated carbocycles. The number of anilines is 2. The Labute approximate surface area is 176 Å². The minimum atomic E-state index is -3.60. The fourth-order valence-corrected chi connectivity index (χ4v) is 4.75. The molecule has 0 spiro atoms. The third-order valence-electron chi connectivity index (χ3n) is 4.89. The molecule has 0 aromatic heterocycles. The third kappa shape index (κ3) is 4.56. The molecule has 150 valence electrons. The van der Waals surface area contributed by atoms with E-state index in [9.17, 15) is 8.42 Å². The maximum Gasteiger partial charge on any atom is 0.240 e. The van der Waals surface area contributed by atoms with Gasteiger partial charge in [-0.05, 0) is 54.4 Å². The Balaban J connectivity index is 1.42. The quantitative estimate of drug-likeness (QED) is 0.537. The molecule has 0 fully saturated rings. The molecule has 1 aliphatic heterocycles. The second-order valence-corrected chi connectivity index (χ2v) is 9.61. The van der Waals surface area contributed by atoms with E-state index in [-0.39, 0.29) is 17.1 Å². The van der Waals surface area contributed by atoms with E-state index < -0.39 is 10.0 Å². The van der Waals surface area contributed by atoms with Crippen LogP contribution >= 0.6 is 11.6 Å². The summed E-state index contributed by atoms with van der Waals surface area (Å²) in [7, 11) is -3.60. The minimum Gasteiger partial charge on any atom is -0.361 e. The van der Waals surface area contributed by atoms with Gasteiger partial charge in [0.25, 0.3) is 0 Å². The average molecular weight is 428 g/mol. The number of fused-ring (bicyclic) bond motifs is 1. The van der Waals surface area contributed by atoms with Crippen molar-refractivity contribution in [1.82, 2.24) is 4.72 Å². The number of rotatable bonds is 6. The second kappa shape index (κ2) is 7.71.